The van der Waals surface area contributed by atoms with Crippen LogP contribution < -0.4 is 0 Å². The Kier molecular flexibility index (Phi) is 28.8. The second kappa shape index (κ2) is 31.4. The zero-order valence-electron chi connectivity index (χ0n) is 30.6. The van der Waals surface area contributed by atoms with Crippen LogP contribution in [0, 0.1) is 5.92 Å². The Morgan fingerprint density at radius 2 is 1.09 bits per heavy atom. The fourth-order valence-corrected chi connectivity index (χ4v) is 5.60. The van der Waals surface area contributed by atoms with Crippen LogP contribution in [0.15, 0.2) is 36.5 Å². The van der Waals surface area contributed by atoms with Crippen molar-refractivity contribution in [2.24, 2.45) is 5.92 Å². The third kappa shape index (κ3) is 29.9. The fraction of sp³-hybridized carbons (Fsp3) is 0.805. The number of hydrogen-bond acceptors (Lipinski definition) is 6. The number of aliphatic hydroxyl groups excluding tert-OH is 1. The highest BCUT2D eigenvalue weighted by molar-refractivity contribution is 5.69. The first kappa shape index (κ1) is 43.1. The van der Waals surface area contributed by atoms with E-state index >= 15 is 0 Å². The van der Waals surface area contributed by atoms with Crippen molar-refractivity contribution < 1.29 is 28.9 Å². The summed E-state index contributed by atoms with van der Waals surface area (Å²) in [7, 11) is 0. The zero-order valence-corrected chi connectivity index (χ0v) is 30.6. The fourth-order valence-electron chi connectivity index (χ4n) is 5.60. The highest BCUT2D eigenvalue weighted by Crippen LogP contribution is 2.29. The number of ether oxygens (including phenoxy) is 3. The molecule has 6 heteroatoms. The first-order valence-electron chi connectivity index (χ1n) is 19.5. The second-order valence-electron chi connectivity index (χ2n) is 13.9. The maximum Gasteiger partial charge on any atom is 0.305 e. The molecule has 1 rings (SSSR count). The molecule has 0 saturated carbocycles. The Morgan fingerprint density at radius 3 is 1.66 bits per heavy atom. The van der Waals surface area contributed by atoms with Crippen molar-refractivity contribution in [1.82, 2.24) is 0 Å². The standard InChI is InChI=1S/C41H72O6/c1-4-5-6-7-8-13-17-20-25-30-38-39(47-38)31-26-22-23-28-33-41(44)46-35-37(42)34-45-40(43)32-27-21-18-15-12-10-9-11-14-16-19-24-29-36(2)3/h8,13,20,22,25-26,36-39,42H,4-7,9-12,14-19,21,23-24,27-35H2,1-3H3/b13-8-,25-20-,26-22-/t37-,38?,39?/m0/s1. The summed E-state index contributed by atoms with van der Waals surface area (Å²) in [4.78, 5) is 23.9. The van der Waals surface area contributed by atoms with Gasteiger partial charge in [0.05, 0.1) is 12.2 Å². The van der Waals surface area contributed by atoms with Gasteiger partial charge in [0.2, 0.25) is 0 Å². The highest BCUT2D eigenvalue weighted by atomic mass is 16.6. The van der Waals surface area contributed by atoms with E-state index in [4.69, 9.17) is 14.2 Å². The molecule has 1 heterocycles. The first-order valence-corrected chi connectivity index (χ1v) is 19.5. The topological polar surface area (TPSA) is 85.4 Å². The van der Waals surface area contributed by atoms with Crippen LogP contribution in [-0.2, 0) is 23.8 Å². The van der Waals surface area contributed by atoms with Crippen molar-refractivity contribution in [3.8, 4) is 0 Å². The quantitative estimate of drug-likeness (QED) is 0.0326. The molecule has 2 unspecified atom stereocenters. The smallest absolute Gasteiger partial charge is 0.305 e. The number of rotatable bonds is 33. The van der Waals surface area contributed by atoms with Crippen LogP contribution in [0.4, 0.5) is 0 Å². The average Bonchev–Trinajstić information content (AvgIpc) is 3.81. The van der Waals surface area contributed by atoms with E-state index in [0.717, 1.165) is 50.9 Å². The van der Waals surface area contributed by atoms with Gasteiger partial charge in [0, 0.05) is 12.8 Å². The summed E-state index contributed by atoms with van der Waals surface area (Å²) in [5.74, 6) is 0.203. The van der Waals surface area contributed by atoms with Crippen molar-refractivity contribution in [2.75, 3.05) is 13.2 Å². The van der Waals surface area contributed by atoms with E-state index < -0.39 is 6.10 Å². The lowest BCUT2D eigenvalue weighted by Gasteiger charge is -2.12. The van der Waals surface area contributed by atoms with Crippen LogP contribution in [0.1, 0.15) is 175 Å². The van der Waals surface area contributed by atoms with E-state index in [1.54, 1.807) is 0 Å². The summed E-state index contributed by atoms with van der Waals surface area (Å²) < 4.78 is 16.0. The van der Waals surface area contributed by atoms with Crippen molar-refractivity contribution in [3.63, 3.8) is 0 Å². The number of epoxide rings is 1. The summed E-state index contributed by atoms with van der Waals surface area (Å²) in [5, 5.41) is 10.0. The number of carbonyl (C=O) groups is 2. The summed E-state index contributed by atoms with van der Waals surface area (Å²) in [5.41, 5.74) is 0. The van der Waals surface area contributed by atoms with Gasteiger partial charge in [-0.25, -0.2) is 0 Å². The van der Waals surface area contributed by atoms with Gasteiger partial charge in [0.15, 0.2) is 0 Å². The highest BCUT2D eigenvalue weighted by Gasteiger charge is 2.35. The van der Waals surface area contributed by atoms with Crippen molar-refractivity contribution in [2.45, 2.75) is 193 Å². The van der Waals surface area contributed by atoms with Gasteiger partial charge in [-0.2, -0.15) is 0 Å². The number of aliphatic hydroxyl groups is 1. The molecule has 47 heavy (non-hydrogen) atoms. The molecule has 0 aromatic carbocycles. The summed E-state index contributed by atoms with van der Waals surface area (Å²) in [6.07, 6.45) is 39.4. The Hall–Kier alpha value is -1.92. The van der Waals surface area contributed by atoms with Crippen LogP contribution in [0.25, 0.3) is 0 Å². The predicted molar refractivity (Wildman–Crippen MR) is 195 cm³/mol. The van der Waals surface area contributed by atoms with Crippen molar-refractivity contribution >= 4 is 11.9 Å². The maximum atomic E-state index is 12.0. The molecule has 0 radical (unpaired) electrons. The minimum atomic E-state index is -0.990. The van der Waals surface area contributed by atoms with Crippen molar-refractivity contribution in [3.05, 3.63) is 36.5 Å². The number of carbonyl (C=O) groups excluding carboxylic acids is 2. The van der Waals surface area contributed by atoms with Gasteiger partial charge in [-0.3, -0.25) is 9.59 Å². The van der Waals surface area contributed by atoms with E-state index in [0.29, 0.717) is 31.5 Å². The Bertz CT molecular complexity index is 832. The lowest BCUT2D eigenvalue weighted by atomic mass is 10.0. The van der Waals surface area contributed by atoms with Gasteiger partial charge in [-0.05, 0) is 57.3 Å². The van der Waals surface area contributed by atoms with Gasteiger partial charge in [-0.15, -0.1) is 0 Å². The average molecular weight is 661 g/mol. The monoisotopic (exact) mass is 661 g/mol. The minimum absolute atomic E-state index is 0.136. The van der Waals surface area contributed by atoms with E-state index in [1.807, 2.05) is 0 Å². The van der Waals surface area contributed by atoms with Gasteiger partial charge in [-0.1, -0.05) is 147 Å². The molecule has 1 aliphatic heterocycles. The van der Waals surface area contributed by atoms with E-state index in [1.165, 1.54) is 89.9 Å². The molecule has 1 fully saturated rings. The van der Waals surface area contributed by atoms with Gasteiger partial charge in [0.1, 0.15) is 19.3 Å². The van der Waals surface area contributed by atoms with Crippen LogP contribution in [-0.4, -0.2) is 48.6 Å². The SMILES string of the molecule is CCCCC/C=C\C/C=C\CC1OC1C/C=C\CCCC(=O)OC[C@@H](O)COC(=O)CCCCCCCCCCCCCCC(C)C. The third-order valence-electron chi connectivity index (χ3n) is 8.71. The number of hydrogen-bond donors (Lipinski definition) is 1. The molecule has 0 spiro atoms. The lowest BCUT2D eigenvalue weighted by Crippen LogP contribution is -2.25. The van der Waals surface area contributed by atoms with Crippen LogP contribution in [0.2, 0.25) is 0 Å². The molecular weight excluding hydrogens is 588 g/mol. The molecule has 1 aliphatic rings. The van der Waals surface area contributed by atoms with Crippen molar-refractivity contribution in [1.29, 1.82) is 0 Å². The van der Waals surface area contributed by atoms with Crippen LogP contribution in [0.5, 0.6) is 0 Å². The molecule has 3 atom stereocenters. The van der Waals surface area contributed by atoms with E-state index in [-0.39, 0.29) is 25.2 Å². The molecule has 1 N–H and O–H groups in total. The number of allylic oxidation sites excluding steroid dienone is 4. The molecular formula is C41H72O6. The molecule has 6 nitrogen and oxygen atoms in total. The lowest BCUT2D eigenvalue weighted by molar-refractivity contribution is -0.152. The van der Waals surface area contributed by atoms with Gasteiger partial charge < -0.3 is 19.3 Å². The van der Waals surface area contributed by atoms with Crippen LogP contribution >= 0.6 is 0 Å². The van der Waals surface area contributed by atoms with E-state index in [9.17, 15) is 14.7 Å². The molecule has 0 aromatic rings. The second-order valence-corrected chi connectivity index (χ2v) is 13.9. The van der Waals surface area contributed by atoms with Gasteiger partial charge in [0.25, 0.3) is 0 Å². The number of esters is 2. The molecule has 0 amide bonds. The largest absolute Gasteiger partial charge is 0.463 e. The Labute approximate surface area is 289 Å². The van der Waals surface area contributed by atoms with Gasteiger partial charge >= 0.3 is 11.9 Å². The molecule has 272 valence electrons. The Morgan fingerprint density at radius 1 is 0.617 bits per heavy atom. The summed E-state index contributed by atoms with van der Waals surface area (Å²) >= 11 is 0. The first-order chi connectivity index (χ1) is 22.9. The number of unbranched alkanes of at least 4 members (excludes halogenated alkanes) is 15. The Balaban J connectivity index is 1.87. The maximum absolute atomic E-state index is 12.0. The normalized spacial score (nSPS) is 17.0. The molecule has 1 saturated heterocycles. The summed E-state index contributed by atoms with van der Waals surface area (Å²) in [6.45, 7) is 6.55. The van der Waals surface area contributed by atoms with E-state index in [2.05, 4.69) is 57.2 Å². The predicted octanol–water partition coefficient (Wildman–Crippen LogP) is 10.9. The summed E-state index contributed by atoms with van der Waals surface area (Å²) in [6, 6.07) is 0. The molecule has 0 aliphatic carbocycles. The minimum Gasteiger partial charge on any atom is -0.463 e. The zero-order chi connectivity index (χ0) is 34.2. The third-order valence-corrected chi connectivity index (χ3v) is 8.71. The van der Waals surface area contributed by atoms with Crippen LogP contribution in [0.3, 0.4) is 0 Å². The molecule has 0 bridgehead atoms. The molecule has 0 aromatic heterocycles.